The van der Waals surface area contributed by atoms with Crippen LogP contribution in [0.5, 0.6) is 5.75 Å². The summed E-state index contributed by atoms with van der Waals surface area (Å²) in [6.07, 6.45) is 1.99. The predicted molar refractivity (Wildman–Crippen MR) is 122 cm³/mol. The molecular weight excluding hydrogens is 477 g/mol. The molecule has 0 saturated carbocycles. The number of carboxylic acids is 1. The predicted octanol–water partition coefficient (Wildman–Crippen LogP) is 2.67. The fraction of sp³-hybridized carbons (Fsp3) is 0.273. The van der Waals surface area contributed by atoms with Crippen LogP contribution >= 0.6 is 11.6 Å². The minimum atomic E-state index is -3.56. The Morgan fingerprint density at radius 3 is 2.55 bits per heavy atom. The summed E-state index contributed by atoms with van der Waals surface area (Å²) in [6, 6.07) is 6.25. The standard InChI is InChI=1S/C22H21ClFNO7S/c1-32-19-8-18-15(7-13(19)6-12-4-3-5-17(23)20(12)24)21(27)16(22(28)29)9-25(18)14(10-26)11-33(2,30)31/h3-5,7-9,14,26H,6,10-11H2,1-2H3,(H,28,29)/t14-/m1/s1. The molecule has 0 amide bonds. The van der Waals surface area contributed by atoms with Gasteiger partial charge in [0.05, 0.1) is 36.1 Å². The van der Waals surface area contributed by atoms with Gasteiger partial charge in [-0.15, -0.1) is 0 Å². The van der Waals surface area contributed by atoms with Gasteiger partial charge in [0.15, 0.2) is 0 Å². The van der Waals surface area contributed by atoms with Gasteiger partial charge in [0.25, 0.3) is 0 Å². The highest BCUT2D eigenvalue weighted by Crippen LogP contribution is 2.30. The number of aliphatic hydroxyl groups excluding tert-OH is 1. The zero-order valence-electron chi connectivity index (χ0n) is 17.7. The van der Waals surface area contributed by atoms with Crippen molar-refractivity contribution in [2.75, 3.05) is 25.7 Å². The Morgan fingerprint density at radius 2 is 1.97 bits per heavy atom. The van der Waals surface area contributed by atoms with Crippen molar-refractivity contribution in [1.29, 1.82) is 0 Å². The van der Waals surface area contributed by atoms with E-state index in [1.54, 1.807) is 6.07 Å². The molecule has 0 fully saturated rings. The molecule has 3 rings (SSSR count). The molecule has 0 saturated heterocycles. The van der Waals surface area contributed by atoms with E-state index in [2.05, 4.69) is 0 Å². The number of sulfone groups is 1. The maximum atomic E-state index is 14.5. The van der Waals surface area contributed by atoms with E-state index < -0.39 is 51.0 Å². The van der Waals surface area contributed by atoms with Crippen LogP contribution < -0.4 is 10.2 Å². The number of methoxy groups -OCH3 is 1. The van der Waals surface area contributed by atoms with Crippen LogP contribution in [0, 0.1) is 5.82 Å². The average Bonchev–Trinajstić information content (AvgIpc) is 2.74. The van der Waals surface area contributed by atoms with Crippen LogP contribution in [0.25, 0.3) is 10.9 Å². The van der Waals surface area contributed by atoms with Gasteiger partial charge >= 0.3 is 5.97 Å². The van der Waals surface area contributed by atoms with Crippen molar-refractivity contribution in [3.63, 3.8) is 0 Å². The molecule has 11 heteroatoms. The Balaban J connectivity index is 2.32. The molecule has 1 atom stereocenters. The lowest BCUT2D eigenvalue weighted by atomic mass is 10.00. The molecular formula is C22H21ClFNO7S. The number of aromatic carboxylic acids is 1. The van der Waals surface area contributed by atoms with Gasteiger partial charge in [-0.05, 0) is 23.3 Å². The average molecular weight is 498 g/mol. The van der Waals surface area contributed by atoms with Crippen molar-refractivity contribution in [1.82, 2.24) is 4.57 Å². The molecule has 0 bridgehead atoms. The highest BCUT2D eigenvalue weighted by atomic mass is 35.5. The quantitative estimate of drug-likeness (QED) is 0.490. The van der Waals surface area contributed by atoms with Crippen molar-refractivity contribution < 1.29 is 32.6 Å². The molecule has 0 spiro atoms. The number of pyridine rings is 1. The molecule has 0 radical (unpaired) electrons. The van der Waals surface area contributed by atoms with Gasteiger partial charge < -0.3 is 19.5 Å². The minimum Gasteiger partial charge on any atom is -0.496 e. The number of aliphatic hydroxyl groups is 1. The summed E-state index contributed by atoms with van der Waals surface area (Å²) in [4.78, 5) is 24.6. The van der Waals surface area contributed by atoms with E-state index in [0.717, 1.165) is 12.5 Å². The maximum absolute atomic E-state index is 14.5. The summed E-state index contributed by atoms with van der Waals surface area (Å²) in [5, 5.41) is 19.2. The van der Waals surface area contributed by atoms with Crippen molar-refractivity contribution in [3.05, 3.63) is 74.3 Å². The zero-order valence-corrected chi connectivity index (χ0v) is 19.3. The maximum Gasteiger partial charge on any atom is 0.341 e. The Bertz CT molecular complexity index is 1400. The van der Waals surface area contributed by atoms with Gasteiger partial charge in [-0.1, -0.05) is 23.7 Å². The Labute approximate surface area is 193 Å². The fourth-order valence-electron chi connectivity index (χ4n) is 3.66. The second kappa shape index (κ2) is 9.50. The number of carbonyl (C=O) groups is 1. The van der Waals surface area contributed by atoms with Crippen molar-refractivity contribution in [3.8, 4) is 5.75 Å². The van der Waals surface area contributed by atoms with E-state index in [1.807, 2.05) is 0 Å². The topological polar surface area (TPSA) is 123 Å². The van der Waals surface area contributed by atoms with E-state index in [0.29, 0.717) is 5.56 Å². The molecule has 0 aliphatic heterocycles. The van der Waals surface area contributed by atoms with Gasteiger partial charge in [0.2, 0.25) is 5.43 Å². The molecule has 0 aliphatic carbocycles. The highest BCUT2D eigenvalue weighted by molar-refractivity contribution is 7.90. The van der Waals surface area contributed by atoms with Crippen molar-refractivity contribution >= 4 is 38.3 Å². The monoisotopic (exact) mass is 497 g/mol. The van der Waals surface area contributed by atoms with Crippen LogP contribution in [-0.2, 0) is 16.3 Å². The third kappa shape index (κ3) is 5.18. The number of hydrogen-bond acceptors (Lipinski definition) is 6. The summed E-state index contributed by atoms with van der Waals surface area (Å²) in [5.74, 6) is -2.37. The van der Waals surface area contributed by atoms with Crippen LogP contribution in [0.2, 0.25) is 5.02 Å². The van der Waals surface area contributed by atoms with E-state index in [1.165, 1.54) is 35.9 Å². The van der Waals surface area contributed by atoms with Crippen molar-refractivity contribution in [2.24, 2.45) is 0 Å². The first kappa shape index (κ1) is 24.7. The summed E-state index contributed by atoms with van der Waals surface area (Å²) < 4.78 is 44.8. The molecule has 1 aromatic heterocycles. The fourth-order valence-corrected chi connectivity index (χ4v) is 4.82. The number of nitrogens with zero attached hydrogens (tertiary/aromatic N) is 1. The third-order valence-corrected chi connectivity index (χ3v) is 6.46. The number of aromatic nitrogens is 1. The number of carboxylic acid groups (broad SMARTS) is 1. The molecule has 2 N–H and O–H groups in total. The van der Waals surface area contributed by atoms with Crippen molar-refractivity contribution in [2.45, 2.75) is 12.5 Å². The van der Waals surface area contributed by atoms with E-state index in [4.69, 9.17) is 16.3 Å². The van der Waals surface area contributed by atoms with E-state index in [-0.39, 0.29) is 33.7 Å². The van der Waals surface area contributed by atoms with Gasteiger partial charge in [0.1, 0.15) is 27.0 Å². The molecule has 0 aliphatic rings. The van der Waals surface area contributed by atoms with E-state index in [9.17, 15) is 32.6 Å². The Kier molecular flexibility index (Phi) is 7.11. The largest absolute Gasteiger partial charge is 0.496 e. The summed E-state index contributed by atoms with van der Waals surface area (Å²) >= 11 is 5.86. The first-order valence-electron chi connectivity index (χ1n) is 9.67. The minimum absolute atomic E-state index is 0.00495. The van der Waals surface area contributed by atoms with Crippen LogP contribution in [-0.4, -0.2) is 54.9 Å². The lowest BCUT2D eigenvalue weighted by Gasteiger charge is -2.22. The number of fused-ring (bicyclic) bond motifs is 1. The number of halogens is 2. The Hall–Kier alpha value is -2.95. The highest BCUT2D eigenvalue weighted by Gasteiger charge is 2.23. The second-order valence-corrected chi connectivity index (χ2v) is 10.2. The van der Waals surface area contributed by atoms with Crippen LogP contribution in [0.15, 0.2) is 41.3 Å². The third-order valence-electron chi connectivity index (χ3n) is 5.18. The molecule has 2 aromatic carbocycles. The molecule has 0 unspecified atom stereocenters. The van der Waals surface area contributed by atoms with Gasteiger partial charge in [-0.3, -0.25) is 4.79 Å². The Morgan fingerprint density at radius 1 is 1.27 bits per heavy atom. The van der Waals surface area contributed by atoms with Gasteiger partial charge in [-0.25, -0.2) is 17.6 Å². The van der Waals surface area contributed by atoms with E-state index >= 15 is 0 Å². The number of benzene rings is 2. The molecule has 1 heterocycles. The zero-order chi connectivity index (χ0) is 24.5. The molecule has 33 heavy (non-hydrogen) atoms. The van der Waals surface area contributed by atoms with Gasteiger partial charge in [0, 0.05) is 30.3 Å². The second-order valence-electron chi connectivity index (χ2n) is 7.58. The normalized spacial score (nSPS) is 12.6. The summed E-state index contributed by atoms with van der Waals surface area (Å²) in [6.45, 7) is -0.623. The summed E-state index contributed by atoms with van der Waals surface area (Å²) in [7, 11) is -2.19. The molecule has 3 aromatic rings. The first-order chi connectivity index (χ1) is 15.5. The van der Waals surface area contributed by atoms with Gasteiger partial charge in [-0.2, -0.15) is 0 Å². The number of rotatable bonds is 8. The number of hydrogen-bond donors (Lipinski definition) is 2. The smallest absolute Gasteiger partial charge is 0.341 e. The lowest BCUT2D eigenvalue weighted by molar-refractivity contribution is 0.0694. The molecule has 8 nitrogen and oxygen atoms in total. The first-order valence-corrected chi connectivity index (χ1v) is 12.1. The summed E-state index contributed by atoms with van der Waals surface area (Å²) in [5.41, 5.74) is -0.610. The SMILES string of the molecule is COc1cc2c(cc1Cc1cccc(Cl)c1F)c(=O)c(C(=O)O)cn2[C@H](CO)CS(C)(=O)=O. The number of ether oxygens (including phenoxy) is 1. The van der Waals surface area contributed by atoms with Crippen LogP contribution in [0.3, 0.4) is 0 Å². The van der Waals surface area contributed by atoms with Crippen LogP contribution in [0.4, 0.5) is 4.39 Å². The van der Waals surface area contributed by atoms with Crippen LogP contribution in [0.1, 0.15) is 27.5 Å². The lowest BCUT2D eigenvalue weighted by Crippen LogP contribution is -2.27. The molecule has 176 valence electrons.